The first-order valence-corrected chi connectivity index (χ1v) is 16.1. The second kappa shape index (κ2) is 13.8. The number of nitrogens with one attached hydrogen (secondary N) is 2. The molecular formula is C32H46N4O5S. The van der Waals surface area contributed by atoms with Crippen molar-refractivity contribution in [2.24, 2.45) is 11.7 Å². The molecule has 0 saturated carbocycles. The second-order valence-electron chi connectivity index (χ2n) is 12.1. The molecule has 0 radical (unpaired) electrons. The number of rotatable bonds is 11. The Morgan fingerprint density at radius 3 is 2.19 bits per heavy atom. The maximum absolute atomic E-state index is 14.3. The summed E-state index contributed by atoms with van der Waals surface area (Å²) >= 11 is 0. The van der Waals surface area contributed by atoms with Crippen molar-refractivity contribution in [3.8, 4) is 0 Å². The summed E-state index contributed by atoms with van der Waals surface area (Å²) in [5, 5.41) is 7.82. The summed E-state index contributed by atoms with van der Waals surface area (Å²) in [5.41, 5.74) is 9.34. The van der Waals surface area contributed by atoms with E-state index in [2.05, 4.69) is 18.6 Å². The molecule has 10 heteroatoms. The van der Waals surface area contributed by atoms with Gasteiger partial charge in [-0.2, -0.15) is 4.72 Å². The van der Waals surface area contributed by atoms with Crippen molar-refractivity contribution in [2.45, 2.75) is 89.5 Å². The summed E-state index contributed by atoms with van der Waals surface area (Å²) in [6, 6.07) is 9.70. The van der Waals surface area contributed by atoms with Gasteiger partial charge in [0.15, 0.2) is 0 Å². The van der Waals surface area contributed by atoms with E-state index in [0.717, 1.165) is 5.56 Å². The predicted octanol–water partition coefficient (Wildman–Crippen LogP) is 4.64. The van der Waals surface area contributed by atoms with Crippen LogP contribution in [0, 0.1) is 11.3 Å². The summed E-state index contributed by atoms with van der Waals surface area (Å²) in [5.74, 6) is -1.30. The average molecular weight is 599 g/mol. The lowest BCUT2D eigenvalue weighted by molar-refractivity contribution is -0.149. The molecular weight excluding hydrogens is 552 g/mol. The largest absolute Gasteiger partial charge is 0.469 e. The van der Waals surface area contributed by atoms with Gasteiger partial charge < -0.3 is 15.4 Å². The maximum Gasteiger partial charge on any atom is 0.310 e. The number of amides is 1. The van der Waals surface area contributed by atoms with Gasteiger partial charge >= 0.3 is 5.97 Å². The van der Waals surface area contributed by atoms with Gasteiger partial charge in [-0.05, 0) is 65.3 Å². The van der Waals surface area contributed by atoms with Gasteiger partial charge in [0.2, 0.25) is 15.9 Å². The monoisotopic (exact) mass is 598 g/mol. The van der Waals surface area contributed by atoms with Crippen LogP contribution in [0.2, 0.25) is 0 Å². The topological polar surface area (TPSA) is 143 Å². The smallest absolute Gasteiger partial charge is 0.310 e. The normalized spacial score (nSPS) is 16.6. The van der Waals surface area contributed by atoms with Gasteiger partial charge in [-0.1, -0.05) is 71.9 Å². The Balaban J connectivity index is 2.10. The lowest BCUT2D eigenvalue weighted by Gasteiger charge is -2.34. The van der Waals surface area contributed by atoms with E-state index in [9.17, 15) is 18.0 Å². The molecule has 1 fully saturated rings. The van der Waals surface area contributed by atoms with E-state index in [-0.39, 0.29) is 47.4 Å². The molecule has 1 aliphatic heterocycles. The van der Waals surface area contributed by atoms with E-state index < -0.39 is 27.9 Å². The fraction of sp³-hybridized carbons (Fsp3) is 0.531. The number of amidine groups is 1. The summed E-state index contributed by atoms with van der Waals surface area (Å²) in [6.07, 6.45) is 1.26. The molecule has 2 atom stereocenters. The van der Waals surface area contributed by atoms with Crippen LogP contribution in [0.3, 0.4) is 0 Å². The Hall–Kier alpha value is -3.24. The molecule has 0 aliphatic carbocycles. The van der Waals surface area contributed by atoms with Crippen LogP contribution in [0.15, 0.2) is 41.3 Å². The predicted molar refractivity (Wildman–Crippen MR) is 165 cm³/mol. The third-order valence-corrected chi connectivity index (χ3v) is 9.49. The van der Waals surface area contributed by atoms with E-state index >= 15 is 0 Å². The molecule has 0 aromatic heterocycles. The molecule has 9 nitrogen and oxygen atoms in total. The summed E-state index contributed by atoms with van der Waals surface area (Å²) in [6.45, 7) is 12.6. The number of nitrogens with zero attached hydrogens (tertiary/aromatic N) is 1. The molecule has 0 spiro atoms. The van der Waals surface area contributed by atoms with E-state index in [1.165, 1.54) is 7.11 Å². The molecule has 1 aliphatic rings. The van der Waals surface area contributed by atoms with Gasteiger partial charge in [-0.15, -0.1) is 0 Å². The highest BCUT2D eigenvalue weighted by molar-refractivity contribution is 7.89. The van der Waals surface area contributed by atoms with Crippen molar-refractivity contribution in [1.29, 1.82) is 5.41 Å². The molecule has 2 unspecified atom stereocenters. The van der Waals surface area contributed by atoms with Crippen LogP contribution < -0.4 is 10.5 Å². The van der Waals surface area contributed by atoms with E-state index in [0.29, 0.717) is 41.6 Å². The number of methoxy groups -OCH3 is 1. The van der Waals surface area contributed by atoms with Crippen molar-refractivity contribution in [1.82, 2.24) is 9.62 Å². The minimum absolute atomic E-state index is 0.0523. The van der Waals surface area contributed by atoms with E-state index in [1.54, 1.807) is 29.2 Å². The van der Waals surface area contributed by atoms with E-state index in [4.69, 9.17) is 15.9 Å². The summed E-state index contributed by atoms with van der Waals surface area (Å²) in [4.78, 5) is 28.1. The molecule has 42 heavy (non-hydrogen) atoms. The van der Waals surface area contributed by atoms with Crippen LogP contribution >= 0.6 is 0 Å². The number of sulfonamides is 1. The quantitative estimate of drug-likeness (QED) is 0.195. The molecule has 230 valence electrons. The Morgan fingerprint density at radius 1 is 1.05 bits per heavy atom. The Labute approximate surface area is 250 Å². The zero-order valence-electron chi connectivity index (χ0n) is 25.9. The van der Waals surface area contributed by atoms with Crippen LogP contribution in [-0.4, -0.2) is 57.3 Å². The molecule has 4 N–H and O–H groups in total. The van der Waals surface area contributed by atoms with Crippen molar-refractivity contribution in [3.63, 3.8) is 0 Å². The number of piperidine rings is 1. The summed E-state index contributed by atoms with van der Waals surface area (Å²) in [7, 11) is -2.85. The number of nitrogen functional groups attached to an aromatic ring is 1. The molecule has 0 bridgehead atoms. The summed E-state index contributed by atoms with van der Waals surface area (Å²) < 4.78 is 36.4. The van der Waals surface area contributed by atoms with Crippen molar-refractivity contribution in [2.75, 3.05) is 20.2 Å². The van der Waals surface area contributed by atoms with Crippen molar-refractivity contribution < 1.29 is 22.7 Å². The lowest BCUT2D eigenvalue weighted by atomic mass is 9.89. The highest BCUT2D eigenvalue weighted by atomic mass is 32.2. The number of ether oxygens (including phenoxy) is 1. The Morgan fingerprint density at radius 2 is 1.67 bits per heavy atom. The number of carbonyl (C=O) groups excluding carboxylic acids is 2. The number of carbonyl (C=O) groups is 2. The van der Waals surface area contributed by atoms with Crippen LogP contribution in [0.5, 0.6) is 0 Å². The third-order valence-electron chi connectivity index (χ3n) is 7.89. The first kappa shape index (κ1) is 33.3. The number of likely N-dealkylation sites (tertiary alicyclic amines) is 1. The van der Waals surface area contributed by atoms with Crippen LogP contribution in [0.1, 0.15) is 100.0 Å². The fourth-order valence-corrected chi connectivity index (χ4v) is 7.37. The minimum Gasteiger partial charge on any atom is -0.469 e. The number of esters is 1. The van der Waals surface area contributed by atoms with Crippen LogP contribution in [-0.2, 0) is 30.8 Å². The zero-order valence-corrected chi connectivity index (χ0v) is 26.7. The third kappa shape index (κ3) is 7.77. The standard InChI is InChI=1S/C32H46N4O5S/c1-19(2)25-16-26(20(3)4)29(27(17-25)21(5)6)42(39,40)35-28(15-22-10-8-11-23(14-22)30(33)34)31(37)36-13-9-12-24(18-36)32(38)41-7/h8,10-11,14,16-17,19-21,24,28,35H,9,12-13,15,18H2,1-7H3,(H3,33,34). The Kier molecular flexibility index (Phi) is 10.9. The van der Waals surface area contributed by atoms with Gasteiger partial charge in [-0.3, -0.25) is 15.0 Å². The van der Waals surface area contributed by atoms with Crippen molar-refractivity contribution >= 4 is 27.7 Å². The number of hydrogen-bond acceptors (Lipinski definition) is 6. The van der Waals surface area contributed by atoms with Gasteiger partial charge in [-0.25, -0.2) is 8.42 Å². The lowest BCUT2D eigenvalue weighted by Crippen LogP contribution is -2.53. The second-order valence-corrected chi connectivity index (χ2v) is 13.8. The molecule has 2 aromatic carbocycles. The van der Waals surface area contributed by atoms with Crippen molar-refractivity contribution in [3.05, 3.63) is 64.2 Å². The average Bonchev–Trinajstić information content (AvgIpc) is 2.95. The fourth-order valence-electron chi connectivity index (χ4n) is 5.48. The first-order valence-electron chi connectivity index (χ1n) is 14.7. The molecule has 1 amide bonds. The van der Waals surface area contributed by atoms with Gasteiger partial charge in [0.05, 0.1) is 17.9 Å². The maximum atomic E-state index is 14.3. The molecule has 2 aromatic rings. The highest BCUT2D eigenvalue weighted by Gasteiger charge is 2.36. The number of benzene rings is 2. The first-order chi connectivity index (χ1) is 19.7. The molecule has 1 heterocycles. The zero-order chi connectivity index (χ0) is 31.4. The van der Waals surface area contributed by atoms with E-state index in [1.807, 2.05) is 39.8 Å². The van der Waals surface area contributed by atoms with Crippen LogP contribution in [0.4, 0.5) is 0 Å². The van der Waals surface area contributed by atoms with Crippen LogP contribution in [0.25, 0.3) is 0 Å². The number of hydrogen-bond donors (Lipinski definition) is 3. The van der Waals surface area contributed by atoms with Gasteiger partial charge in [0, 0.05) is 18.7 Å². The number of nitrogens with two attached hydrogens (primary N) is 1. The highest BCUT2D eigenvalue weighted by Crippen LogP contribution is 2.35. The Bertz CT molecular complexity index is 1390. The van der Waals surface area contributed by atoms with Gasteiger partial charge in [0.25, 0.3) is 0 Å². The molecule has 1 saturated heterocycles. The van der Waals surface area contributed by atoms with Gasteiger partial charge in [0.1, 0.15) is 11.9 Å². The molecule has 3 rings (SSSR count). The minimum atomic E-state index is -4.17. The SMILES string of the molecule is COC(=O)C1CCCN(C(=O)C(Cc2cccc(C(=N)N)c2)NS(=O)(=O)c2c(C(C)C)cc(C(C)C)cc2C(C)C)C1.